The Labute approximate surface area is 105 Å². The minimum absolute atomic E-state index is 0.298. The summed E-state index contributed by atoms with van der Waals surface area (Å²) in [4.78, 5) is 4.00. The van der Waals surface area contributed by atoms with E-state index in [2.05, 4.69) is 10.3 Å². The fourth-order valence-electron chi connectivity index (χ4n) is 2.03. The van der Waals surface area contributed by atoms with Gasteiger partial charge in [0.15, 0.2) is 11.6 Å². The van der Waals surface area contributed by atoms with E-state index in [0.29, 0.717) is 5.56 Å². The summed E-state index contributed by atoms with van der Waals surface area (Å²) in [5, 5.41) is 3.01. The van der Waals surface area contributed by atoms with Crippen LogP contribution in [0.2, 0.25) is 0 Å². The van der Waals surface area contributed by atoms with Gasteiger partial charge in [-0.15, -0.1) is 0 Å². The third kappa shape index (κ3) is 2.24. The standard InChI is InChI=1S/C14H14F2N2/c1-9-8-18-7-6-10(9)14(17-2)11-4-3-5-12(15)13(11)16/h3-8,14,17H,1-2H3. The zero-order valence-electron chi connectivity index (χ0n) is 10.2. The van der Waals surface area contributed by atoms with E-state index in [0.717, 1.165) is 17.2 Å². The van der Waals surface area contributed by atoms with Crippen LogP contribution in [0.4, 0.5) is 8.78 Å². The largest absolute Gasteiger partial charge is 0.309 e. The van der Waals surface area contributed by atoms with E-state index >= 15 is 0 Å². The van der Waals surface area contributed by atoms with Gasteiger partial charge in [0.1, 0.15) is 0 Å². The maximum Gasteiger partial charge on any atom is 0.163 e. The molecule has 1 N–H and O–H groups in total. The monoisotopic (exact) mass is 248 g/mol. The van der Waals surface area contributed by atoms with Gasteiger partial charge >= 0.3 is 0 Å². The van der Waals surface area contributed by atoms with Crippen molar-refractivity contribution < 1.29 is 8.78 Å². The Morgan fingerprint density at radius 1 is 1.17 bits per heavy atom. The number of benzene rings is 1. The molecule has 18 heavy (non-hydrogen) atoms. The molecule has 0 saturated carbocycles. The van der Waals surface area contributed by atoms with Gasteiger partial charge in [-0.1, -0.05) is 12.1 Å². The summed E-state index contributed by atoms with van der Waals surface area (Å²) in [7, 11) is 1.72. The van der Waals surface area contributed by atoms with Crippen molar-refractivity contribution >= 4 is 0 Å². The molecule has 1 atom stereocenters. The van der Waals surface area contributed by atoms with E-state index in [1.807, 2.05) is 6.92 Å². The number of hydrogen-bond acceptors (Lipinski definition) is 2. The van der Waals surface area contributed by atoms with Crippen LogP contribution in [0, 0.1) is 18.6 Å². The second-order valence-electron chi connectivity index (χ2n) is 4.10. The Morgan fingerprint density at radius 2 is 1.94 bits per heavy atom. The molecule has 1 aromatic heterocycles. The molecule has 0 saturated heterocycles. The third-order valence-corrected chi connectivity index (χ3v) is 2.96. The summed E-state index contributed by atoms with van der Waals surface area (Å²) in [6.07, 6.45) is 3.35. The Hall–Kier alpha value is -1.81. The fourth-order valence-corrected chi connectivity index (χ4v) is 2.03. The first-order valence-electron chi connectivity index (χ1n) is 5.67. The number of pyridine rings is 1. The second-order valence-corrected chi connectivity index (χ2v) is 4.10. The number of nitrogens with zero attached hydrogens (tertiary/aromatic N) is 1. The van der Waals surface area contributed by atoms with Gasteiger partial charge in [-0.3, -0.25) is 4.98 Å². The van der Waals surface area contributed by atoms with Gasteiger partial charge < -0.3 is 5.32 Å². The van der Waals surface area contributed by atoms with Crippen molar-refractivity contribution in [1.29, 1.82) is 0 Å². The lowest BCUT2D eigenvalue weighted by Gasteiger charge is -2.19. The molecule has 2 rings (SSSR count). The van der Waals surface area contributed by atoms with E-state index < -0.39 is 11.6 Å². The maximum atomic E-state index is 13.8. The Balaban J connectivity index is 2.53. The van der Waals surface area contributed by atoms with Crippen molar-refractivity contribution in [3.05, 3.63) is 65.0 Å². The average molecular weight is 248 g/mol. The lowest BCUT2D eigenvalue weighted by molar-refractivity contribution is 0.487. The summed E-state index contributed by atoms with van der Waals surface area (Å²) in [5.41, 5.74) is 2.12. The molecule has 0 aliphatic rings. The summed E-state index contributed by atoms with van der Waals surface area (Å²) in [6.45, 7) is 1.89. The normalized spacial score (nSPS) is 12.4. The average Bonchev–Trinajstić information content (AvgIpc) is 2.37. The van der Waals surface area contributed by atoms with Crippen LogP contribution in [0.1, 0.15) is 22.7 Å². The van der Waals surface area contributed by atoms with Gasteiger partial charge in [0.25, 0.3) is 0 Å². The predicted octanol–water partition coefficient (Wildman–Crippen LogP) is 2.98. The van der Waals surface area contributed by atoms with Crippen molar-refractivity contribution in [2.24, 2.45) is 0 Å². The van der Waals surface area contributed by atoms with E-state index in [9.17, 15) is 8.78 Å². The molecule has 0 fully saturated rings. The first-order chi connectivity index (χ1) is 8.65. The Kier molecular flexibility index (Phi) is 3.67. The summed E-state index contributed by atoms with van der Waals surface area (Å²) in [5.74, 6) is -1.65. The van der Waals surface area contributed by atoms with Gasteiger partial charge in [-0.05, 0) is 37.2 Å². The van der Waals surface area contributed by atoms with Crippen LogP contribution >= 0.6 is 0 Å². The molecule has 0 radical (unpaired) electrons. The number of aryl methyl sites for hydroxylation is 1. The quantitative estimate of drug-likeness (QED) is 0.903. The molecule has 1 heterocycles. The number of rotatable bonds is 3. The summed E-state index contributed by atoms with van der Waals surface area (Å²) < 4.78 is 27.1. The highest BCUT2D eigenvalue weighted by Crippen LogP contribution is 2.26. The second kappa shape index (κ2) is 5.23. The molecule has 1 unspecified atom stereocenters. The zero-order valence-corrected chi connectivity index (χ0v) is 10.2. The van der Waals surface area contributed by atoms with Crippen LogP contribution < -0.4 is 5.32 Å². The Morgan fingerprint density at radius 3 is 2.61 bits per heavy atom. The van der Waals surface area contributed by atoms with E-state index in [1.165, 1.54) is 6.07 Å². The zero-order chi connectivity index (χ0) is 13.1. The van der Waals surface area contributed by atoms with E-state index in [4.69, 9.17) is 0 Å². The first kappa shape index (κ1) is 12.6. The van der Waals surface area contributed by atoms with Gasteiger partial charge in [-0.25, -0.2) is 8.78 Å². The van der Waals surface area contributed by atoms with E-state index in [1.54, 1.807) is 31.6 Å². The topological polar surface area (TPSA) is 24.9 Å². The lowest BCUT2D eigenvalue weighted by atomic mass is 9.96. The highest BCUT2D eigenvalue weighted by Gasteiger charge is 2.19. The summed E-state index contributed by atoms with van der Waals surface area (Å²) >= 11 is 0. The van der Waals surface area contributed by atoms with E-state index in [-0.39, 0.29) is 6.04 Å². The number of aromatic nitrogens is 1. The summed E-state index contributed by atoms with van der Waals surface area (Å²) in [6, 6.07) is 5.63. The molecule has 1 aromatic carbocycles. The van der Waals surface area contributed by atoms with Crippen molar-refractivity contribution in [3.63, 3.8) is 0 Å². The van der Waals surface area contributed by atoms with Crippen molar-refractivity contribution in [1.82, 2.24) is 10.3 Å². The SMILES string of the molecule is CNC(c1ccncc1C)c1cccc(F)c1F. The van der Waals surface area contributed by atoms with Crippen molar-refractivity contribution in [2.45, 2.75) is 13.0 Å². The van der Waals surface area contributed by atoms with Gasteiger partial charge in [-0.2, -0.15) is 0 Å². The highest BCUT2D eigenvalue weighted by molar-refractivity contribution is 5.36. The van der Waals surface area contributed by atoms with Crippen LogP contribution in [0.5, 0.6) is 0 Å². The number of nitrogens with one attached hydrogen (secondary N) is 1. The smallest absolute Gasteiger partial charge is 0.163 e. The van der Waals surface area contributed by atoms with Gasteiger partial charge in [0.05, 0.1) is 6.04 Å². The molecule has 4 heteroatoms. The van der Waals surface area contributed by atoms with Crippen molar-refractivity contribution in [2.75, 3.05) is 7.05 Å². The molecule has 0 aliphatic heterocycles. The minimum Gasteiger partial charge on any atom is -0.309 e. The molecule has 2 nitrogen and oxygen atoms in total. The van der Waals surface area contributed by atoms with Gasteiger partial charge in [0.2, 0.25) is 0 Å². The molecule has 2 aromatic rings. The van der Waals surface area contributed by atoms with Gasteiger partial charge in [0, 0.05) is 18.0 Å². The minimum atomic E-state index is -0.834. The van der Waals surface area contributed by atoms with Crippen LogP contribution in [-0.4, -0.2) is 12.0 Å². The predicted molar refractivity (Wildman–Crippen MR) is 66.2 cm³/mol. The molecular weight excluding hydrogens is 234 g/mol. The maximum absolute atomic E-state index is 13.8. The van der Waals surface area contributed by atoms with Crippen LogP contribution in [0.15, 0.2) is 36.7 Å². The molecule has 94 valence electrons. The van der Waals surface area contributed by atoms with Crippen LogP contribution in [0.3, 0.4) is 0 Å². The fraction of sp³-hybridized carbons (Fsp3) is 0.214. The van der Waals surface area contributed by atoms with Crippen LogP contribution in [0.25, 0.3) is 0 Å². The highest BCUT2D eigenvalue weighted by atomic mass is 19.2. The molecule has 0 aliphatic carbocycles. The molecule has 0 amide bonds. The first-order valence-corrected chi connectivity index (χ1v) is 5.67. The van der Waals surface area contributed by atoms with Crippen molar-refractivity contribution in [3.8, 4) is 0 Å². The van der Waals surface area contributed by atoms with Crippen LogP contribution in [-0.2, 0) is 0 Å². The molecular formula is C14H14F2N2. The number of hydrogen-bond donors (Lipinski definition) is 1. The molecule has 0 spiro atoms. The lowest BCUT2D eigenvalue weighted by Crippen LogP contribution is -2.20. The third-order valence-electron chi connectivity index (χ3n) is 2.96. The Bertz CT molecular complexity index is 555. The number of halogens is 2. The molecule has 0 bridgehead atoms.